The summed E-state index contributed by atoms with van der Waals surface area (Å²) in [6.45, 7) is 8.85. The maximum atomic E-state index is 13.6. The quantitative estimate of drug-likeness (QED) is 0.155. The fourth-order valence-corrected chi connectivity index (χ4v) is 9.97. The van der Waals surface area contributed by atoms with E-state index in [2.05, 4.69) is 22.8 Å². The summed E-state index contributed by atoms with van der Waals surface area (Å²) < 4.78 is 19.9. The van der Waals surface area contributed by atoms with Gasteiger partial charge in [0.1, 0.15) is 17.3 Å². The zero-order chi connectivity index (χ0) is 34.2. The van der Waals surface area contributed by atoms with Gasteiger partial charge >= 0.3 is 11.9 Å². The van der Waals surface area contributed by atoms with Crippen LogP contribution in [0.1, 0.15) is 78.6 Å². The number of esters is 2. The number of aliphatic hydroxyl groups excluding tert-OH is 1. The van der Waals surface area contributed by atoms with Crippen LogP contribution in [0.25, 0.3) is 0 Å². The number of hydrogen-bond acceptors (Lipinski definition) is 10. The van der Waals surface area contributed by atoms with Gasteiger partial charge in [0.25, 0.3) is 0 Å². The monoisotopic (exact) mass is 670 g/mol. The number of ether oxygens (including phenoxy) is 3. The number of piperidine rings is 1. The molecule has 4 saturated heterocycles. The Balaban J connectivity index is 1.29. The molecule has 0 aromatic heterocycles. The van der Waals surface area contributed by atoms with Crippen LogP contribution in [0.2, 0.25) is 0 Å². The molecule has 5 N–H and O–H groups in total. The minimum Gasteiger partial charge on any atom is -0.462 e. The number of hydrogen-bond donors (Lipinski definition) is 4. The van der Waals surface area contributed by atoms with Crippen LogP contribution in [-0.2, 0) is 28.6 Å². The van der Waals surface area contributed by atoms with Crippen LogP contribution in [0.3, 0.4) is 0 Å². The highest BCUT2D eigenvalue weighted by Crippen LogP contribution is 2.60. The minimum atomic E-state index is -0.946. The maximum absolute atomic E-state index is 13.6. The molecule has 11 heteroatoms. The Hall–Kier alpha value is -2.31. The van der Waals surface area contributed by atoms with Crippen molar-refractivity contribution in [2.75, 3.05) is 39.8 Å². The molecule has 0 aromatic carbocycles. The molecule has 2 aliphatic carbocycles. The molecular weight excluding hydrogens is 612 g/mol. The Morgan fingerprint density at radius 2 is 2.00 bits per heavy atom. The lowest BCUT2D eigenvalue weighted by atomic mass is 9.58. The van der Waals surface area contributed by atoms with E-state index in [1.807, 2.05) is 25.8 Å². The van der Waals surface area contributed by atoms with Crippen molar-refractivity contribution in [1.29, 1.82) is 0 Å². The zero-order valence-corrected chi connectivity index (χ0v) is 29.3. The molecule has 11 atom stereocenters. The average molecular weight is 671 g/mol. The van der Waals surface area contributed by atoms with Gasteiger partial charge in [-0.15, -0.1) is 0 Å². The predicted molar refractivity (Wildman–Crippen MR) is 180 cm³/mol. The van der Waals surface area contributed by atoms with Gasteiger partial charge < -0.3 is 40.6 Å². The number of carbonyl (C=O) groups excluding carboxylic acids is 3. The number of rotatable bonds is 10. The van der Waals surface area contributed by atoms with Crippen LogP contribution in [0.4, 0.5) is 0 Å². The molecule has 11 nitrogen and oxygen atoms in total. The number of carbonyl (C=O) groups is 3. The Labute approximate surface area is 285 Å². The standard InChI is InChI=1S/C37H58N4O7/c1-5-22(2)34(44)48-36(3)10-6-9-29(28-15-32(38)40-19-27(28)14-33(43)41-20-23(21-41)18-39-4)37(36)17-26-13-25-12-24(8-7-11-42)35(45)46-30(25)16-31(26)47-37/h5-6,9,23-32,39-40,42H,7-8,10-21,38H2,1-4H3/t24?,25?,26?,27?,28?,29-,30?,31?,32?,36-,37-/m0/s1. The van der Waals surface area contributed by atoms with Crippen LogP contribution in [0, 0.1) is 41.4 Å². The van der Waals surface area contributed by atoms with E-state index in [9.17, 15) is 19.5 Å². The Morgan fingerprint density at radius 1 is 1.21 bits per heavy atom. The predicted octanol–water partition coefficient (Wildman–Crippen LogP) is 2.67. The summed E-state index contributed by atoms with van der Waals surface area (Å²) in [7, 11) is 1.95. The zero-order valence-electron chi connectivity index (χ0n) is 29.3. The van der Waals surface area contributed by atoms with Crippen LogP contribution in [0.5, 0.6) is 0 Å². The van der Waals surface area contributed by atoms with Crippen LogP contribution in [0.15, 0.2) is 23.8 Å². The SMILES string of the molecule is CC=C(C)C(=O)O[C@@]1(C)CC=C[C@@H](C2CC(N)NCC2CC(=O)N2CC(CNC)C2)[C@@]12CC1CC3CC(CCCO)C(=O)OC3CC1O2. The molecule has 0 bridgehead atoms. The summed E-state index contributed by atoms with van der Waals surface area (Å²) in [6.07, 6.45) is 11.5. The first-order valence-corrected chi connectivity index (χ1v) is 18.4. The summed E-state index contributed by atoms with van der Waals surface area (Å²) in [5.41, 5.74) is 5.37. The number of nitrogens with one attached hydrogen (secondary N) is 2. The summed E-state index contributed by atoms with van der Waals surface area (Å²) in [5.74, 6) is 0.420. The second-order valence-corrected chi connectivity index (χ2v) is 15.9. The summed E-state index contributed by atoms with van der Waals surface area (Å²) >= 11 is 0. The summed E-state index contributed by atoms with van der Waals surface area (Å²) in [4.78, 5) is 42.0. The van der Waals surface area contributed by atoms with Gasteiger partial charge in [0, 0.05) is 69.5 Å². The highest BCUT2D eigenvalue weighted by molar-refractivity contribution is 5.88. The summed E-state index contributed by atoms with van der Waals surface area (Å²) in [6, 6.07) is 0. The molecule has 6 rings (SSSR count). The highest BCUT2D eigenvalue weighted by Gasteiger charge is 2.66. The first-order chi connectivity index (χ1) is 23.0. The molecule has 4 aliphatic heterocycles. The van der Waals surface area contributed by atoms with Crippen molar-refractivity contribution >= 4 is 17.8 Å². The molecule has 5 fully saturated rings. The number of amides is 1. The van der Waals surface area contributed by atoms with Gasteiger partial charge in [0.2, 0.25) is 5.91 Å². The third kappa shape index (κ3) is 6.74. The number of nitrogens with zero attached hydrogens (tertiary/aromatic N) is 1. The normalized spacial score (nSPS) is 41.4. The van der Waals surface area contributed by atoms with E-state index >= 15 is 0 Å². The lowest BCUT2D eigenvalue weighted by Gasteiger charge is -2.55. The first kappa shape index (κ1) is 35.5. The molecule has 1 amide bonds. The van der Waals surface area contributed by atoms with Gasteiger partial charge in [-0.25, -0.2) is 4.79 Å². The minimum absolute atomic E-state index is 0.0418. The van der Waals surface area contributed by atoms with Crippen molar-refractivity contribution in [3.8, 4) is 0 Å². The maximum Gasteiger partial charge on any atom is 0.334 e. The van der Waals surface area contributed by atoms with Crippen molar-refractivity contribution in [2.45, 2.75) is 108 Å². The molecule has 8 unspecified atom stereocenters. The topological polar surface area (TPSA) is 152 Å². The van der Waals surface area contributed by atoms with E-state index in [4.69, 9.17) is 19.9 Å². The third-order valence-electron chi connectivity index (χ3n) is 12.8. The second kappa shape index (κ2) is 14.5. The van der Waals surface area contributed by atoms with E-state index < -0.39 is 11.2 Å². The number of likely N-dealkylation sites (tertiary alicyclic amines) is 1. The van der Waals surface area contributed by atoms with E-state index in [0.717, 1.165) is 38.9 Å². The molecule has 48 heavy (non-hydrogen) atoms. The molecule has 6 aliphatic rings. The third-order valence-corrected chi connectivity index (χ3v) is 12.8. The molecule has 1 saturated carbocycles. The molecule has 1 spiro atoms. The van der Waals surface area contributed by atoms with Gasteiger partial charge in [0.05, 0.1) is 18.2 Å². The molecule has 0 radical (unpaired) electrons. The highest BCUT2D eigenvalue weighted by atomic mass is 16.6. The van der Waals surface area contributed by atoms with Crippen LogP contribution >= 0.6 is 0 Å². The lowest BCUT2D eigenvalue weighted by molar-refractivity contribution is -0.228. The number of allylic oxidation sites excluding steroid dienone is 1. The van der Waals surface area contributed by atoms with E-state index in [1.165, 1.54) is 0 Å². The Morgan fingerprint density at radius 3 is 2.73 bits per heavy atom. The number of nitrogens with two attached hydrogens (primary N) is 1. The van der Waals surface area contributed by atoms with Crippen molar-refractivity contribution in [1.82, 2.24) is 15.5 Å². The lowest BCUT2D eigenvalue weighted by Crippen LogP contribution is -2.64. The molecule has 0 aromatic rings. The van der Waals surface area contributed by atoms with Gasteiger partial charge in [-0.2, -0.15) is 0 Å². The van der Waals surface area contributed by atoms with Crippen molar-refractivity contribution < 1.29 is 33.7 Å². The van der Waals surface area contributed by atoms with E-state index in [1.54, 1.807) is 13.0 Å². The van der Waals surface area contributed by atoms with E-state index in [0.29, 0.717) is 56.6 Å². The van der Waals surface area contributed by atoms with Crippen molar-refractivity contribution in [3.05, 3.63) is 23.8 Å². The Bertz CT molecular complexity index is 1270. The number of fused-ring (bicyclic) bond motifs is 2. The van der Waals surface area contributed by atoms with Crippen molar-refractivity contribution in [2.24, 2.45) is 47.2 Å². The van der Waals surface area contributed by atoms with Gasteiger partial charge in [-0.05, 0) is 90.0 Å². The average Bonchev–Trinajstić information content (AvgIpc) is 3.41. The van der Waals surface area contributed by atoms with Gasteiger partial charge in [-0.1, -0.05) is 18.2 Å². The summed E-state index contributed by atoms with van der Waals surface area (Å²) in [5, 5.41) is 16.0. The number of aliphatic hydroxyl groups is 1. The second-order valence-electron chi connectivity index (χ2n) is 15.9. The van der Waals surface area contributed by atoms with Crippen LogP contribution in [-0.4, -0.2) is 97.3 Å². The molecular formula is C37H58N4O7. The fourth-order valence-electron chi connectivity index (χ4n) is 9.97. The largest absolute Gasteiger partial charge is 0.462 e. The van der Waals surface area contributed by atoms with Gasteiger partial charge in [-0.3, -0.25) is 9.59 Å². The molecule has 268 valence electrons. The fraction of sp³-hybridized carbons (Fsp3) is 0.811. The first-order valence-electron chi connectivity index (χ1n) is 18.4. The smallest absolute Gasteiger partial charge is 0.334 e. The van der Waals surface area contributed by atoms with E-state index in [-0.39, 0.29) is 78.3 Å². The molecule has 4 heterocycles. The van der Waals surface area contributed by atoms with Crippen molar-refractivity contribution in [3.63, 3.8) is 0 Å². The van der Waals surface area contributed by atoms with Gasteiger partial charge in [0.15, 0.2) is 0 Å². The van der Waals surface area contributed by atoms with Crippen LogP contribution < -0.4 is 16.4 Å². The Kier molecular flexibility index (Phi) is 10.7.